The van der Waals surface area contributed by atoms with Crippen LogP contribution in [-0.2, 0) is 0 Å². The zero-order chi connectivity index (χ0) is 11.4. The van der Waals surface area contributed by atoms with Gasteiger partial charge >= 0.3 is 0 Å². The van der Waals surface area contributed by atoms with Crippen LogP contribution in [0.3, 0.4) is 0 Å². The molecule has 0 spiro atoms. The Morgan fingerprint density at radius 3 is 2.20 bits per heavy atom. The summed E-state index contributed by atoms with van der Waals surface area (Å²) < 4.78 is 0. The Balaban J connectivity index is 3.08. The van der Waals surface area contributed by atoms with Gasteiger partial charge in [-0.1, -0.05) is 29.3 Å². The Hall–Kier alpha value is -0.750. The molecule has 4 heteroatoms. The fourth-order valence-corrected chi connectivity index (χ4v) is 1.92. The van der Waals surface area contributed by atoms with Crippen molar-refractivity contribution < 1.29 is 0 Å². The van der Waals surface area contributed by atoms with Crippen molar-refractivity contribution in [3.05, 3.63) is 33.8 Å². The molecule has 0 fully saturated rings. The minimum atomic E-state index is -0.466. The largest absolute Gasteiger partial charge is 0.296 e. The van der Waals surface area contributed by atoms with Gasteiger partial charge in [-0.3, -0.25) is 5.32 Å². The molecule has 1 unspecified atom stereocenters. The number of hydrogen-bond acceptors (Lipinski definition) is 2. The zero-order valence-electron chi connectivity index (χ0n) is 8.59. The van der Waals surface area contributed by atoms with E-state index in [1.165, 1.54) is 0 Å². The van der Waals surface area contributed by atoms with Gasteiger partial charge in [-0.05, 0) is 26.0 Å². The second kappa shape index (κ2) is 5.37. The first-order valence-corrected chi connectivity index (χ1v) is 5.41. The van der Waals surface area contributed by atoms with Gasteiger partial charge in [0.1, 0.15) is 6.04 Å². The third-order valence-electron chi connectivity index (χ3n) is 1.92. The summed E-state index contributed by atoms with van der Waals surface area (Å²) in [5.74, 6) is 0. The molecule has 0 aromatic heterocycles. The van der Waals surface area contributed by atoms with Gasteiger partial charge in [0.2, 0.25) is 0 Å². The molecule has 1 aromatic carbocycles. The van der Waals surface area contributed by atoms with Gasteiger partial charge in [-0.2, -0.15) is 5.26 Å². The number of nitriles is 1. The molecule has 1 aromatic rings. The molecular weight excluding hydrogens is 231 g/mol. The summed E-state index contributed by atoms with van der Waals surface area (Å²) in [7, 11) is 0. The first-order valence-electron chi connectivity index (χ1n) is 4.65. The fourth-order valence-electron chi connectivity index (χ4n) is 1.30. The van der Waals surface area contributed by atoms with Crippen molar-refractivity contribution in [1.29, 1.82) is 5.26 Å². The Bertz CT molecular complexity index is 362. The Morgan fingerprint density at radius 2 is 1.80 bits per heavy atom. The van der Waals surface area contributed by atoms with Gasteiger partial charge in [-0.15, -0.1) is 0 Å². The summed E-state index contributed by atoms with van der Waals surface area (Å²) in [6.45, 7) is 3.93. The van der Waals surface area contributed by atoms with E-state index in [-0.39, 0.29) is 6.04 Å². The molecule has 0 aliphatic heterocycles. The molecule has 0 aliphatic rings. The molecule has 0 saturated carbocycles. The summed E-state index contributed by atoms with van der Waals surface area (Å²) in [4.78, 5) is 0. The van der Waals surface area contributed by atoms with Gasteiger partial charge in [0.15, 0.2) is 0 Å². The summed E-state index contributed by atoms with van der Waals surface area (Å²) in [5.41, 5.74) is 0.650. The van der Waals surface area contributed by atoms with Crippen molar-refractivity contribution in [2.45, 2.75) is 25.9 Å². The van der Waals surface area contributed by atoms with E-state index >= 15 is 0 Å². The van der Waals surface area contributed by atoms with Crippen molar-refractivity contribution in [2.75, 3.05) is 0 Å². The number of benzene rings is 1. The molecule has 0 heterocycles. The highest BCUT2D eigenvalue weighted by atomic mass is 35.5. The molecule has 0 bridgehead atoms. The van der Waals surface area contributed by atoms with E-state index in [1.54, 1.807) is 18.2 Å². The first-order chi connectivity index (χ1) is 7.06. The van der Waals surface area contributed by atoms with Crippen LogP contribution in [0.15, 0.2) is 18.2 Å². The lowest BCUT2D eigenvalue weighted by Crippen LogP contribution is -2.27. The van der Waals surface area contributed by atoms with E-state index in [2.05, 4.69) is 11.4 Å². The Kier molecular flexibility index (Phi) is 4.41. The topological polar surface area (TPSA) is 35.8 Å². The predicted molar refractivity (Wildman–Crippen MR) is 63.1 cm³/mol. The quantitative estimate of drug-likeness (QED) is 0.880. The lowest BCUT2D eigenvalue weighted by molar-refractivity contribution is 0.546. The second-order valence-corrected chi connectivity index (χ2v) is 4.33. The number of nitrogens with one attached hydrogen (secondary N) is 1. The van der Waals surface area contributed by atoms with Gasteiger partial charge < -0.3 is 0 Å². The number of hydrogen-bond donors (Lipinski definition) is 1. The summed E-state index contributed by atoms with van der Waals surface area (Å²) in [6.07, 6.45) is 0. The highest BCUT2D eigenvalue weighted by molar-refractivity contribution is 6.36. The summed E-state index contributed by atoms with van der Waals surface area (Å²) >= 11 is 12.0. The molecule has 0 aliphatic carbocycles. The molecule has 1 N–H and O–H groups in total. The van der Waals surface area contributed by atoms with Crippen LogP contribution in [-0.4, -0.2) is 6.04 Å². The maximum atomic E-state index is 9.05. The van der Waals surface area contributed by atoms with E-state index in [0.717, 1.165) is 0 Å². The van der Waals surface area contributed by atoms with Gasteiger partial charge in [0, 0.05) is 21.7 Å². The Labute approximate surface area is 99.8 Å². The van der Waals surface area contributed by atoms with Crippen LogP contribution in [0.25, 0.3) is 0 Å². The average molecular weight is 243 g/mol. The SMILES string of the molecule is CC(C)NC(C#N)c1c(Cl)cccc1Cl. The van der Waals surface area contributed by atoms with Gasteiger partial charge in [0.25, 0.3) is 0 Å². The molecule has 0 amide bonds. The van der Waals surface area contributed by atoms with Crippen molar-refractivity contribution in [2.24, 2.45) is 0 Å². The van der Waals surface area contributed by atoms with Crippen molar-refractivity contribution in [3.63, 3.8) is 0 Å². The first kappa shape index (κ1) is 12.3. The summed E-state index contributed by atoms with van der Waals surface area (Å²) in [6, 6.07) is 7.11. The van der Waals surface area contributed by atoms with Crippen LogP contribution in [0.1, 0.15) is 25.5 Å². The monoisotopic (exact) mass is 242 g/mol. The van der Waals surface area contributed by atoms with E-state index in [4.69, 9.17) is 28.5 Å². The van der Waals surface area contributed by atoms with E-state index in [9.17, 15) is 0 Å². The highest BCUT2D eigenvalue weighted by Crippen LogP contribution is 2.30. The minimum absolute atomic E-state index is 0.196. The minimum Gasteiger partial charge on any atom is -0.296 e. The lowest BCUT2D eigenvalue weighted by atomic mass is 10.1. The van der Waals surface area contributed by atoms with Crippen molar-refractivity contribution in [1.82, 2.24) is 5.32 Å². The number of halogens is 2. The van der Waals surface area contributed by atoms with E-state index in [0.29, 0.717) is 15.6 Å². The standard InChI is InChI=1S/C11H12Cl2N2/c1-7(2)15-10(6-14)11-8(12)4-3-5-9(11)13/h3-5,7,10,15H,1-2H3. The van der Waals surface area contributed by atoms with E-state index in [1.807, 2.05) is 13.8 Å². The Morgan fingerprint density at radius 1 is 1.27 bits per heavy atom. The highest BCUT2D eigenvalue weighted by Gasteiger charge is 2.17. The van der Waals surface area contributed by atoms with Crippen LogP contribution in [0.2, 0.25) is 10.0 Å². The normalized spacial score (nSPS) is 12.5. The molecule has 1 atom stereocenters. The average Bonchev–Trinajstić information content (AvgIpc) is 2.15. The maximum absolute atomic E-state index is 9.05. The smallest absolute Gasteiger partial charge is 0.124 e. The second-order valence-electron chi connectivity index (χ2n) is 3.52. The molecule has 1 rings (SSSR count). The van der Waals surface area contributed by atoms with Crippen LogP contribution < -0.4 is 5.32 Å². The van der Waals surface area contributed by atoms with Crippen LogP contribution in [0.4, 0.5) is 0 Å². The zero-order valence-corrected chi connectivity index (χ0v) is 10.1. The van der Waals surface area contributed by atoms with Gasteiger partial charge in [0.05, 0.1) is 6.07 Å². The third-order valence-corrected chi connectivity index (χ3v) is 2.58. The lowest BCUT2D eigenvalue weighted by Gasteiger charge is -2.17. The van der Waals surface area contributed by atoms with E-state index < -0.39 is 6.04 Å². The van der Waals surface area contributed by atoms with Gasteiger partial charge in [-0.25, -0.2) is 0 Å². The van der Waals surface area contributed by atoms with Crippen molar-refractivity contribution in [3.8, 4) is 6.07 Å². The third kappa shape index (κ3) is 3.10. The molecule has 15 heavy (non-hydrogen) atoms. The van der Waals surface area contributed by atoms with Crippen LogP contribution in [0, 0.1) is 11.3 Å². The van der Waals surface area contributed by atoms with Crippen LogP contribution in [0.5, 0.6) is 0 Å². The predicted octanol–water partition coefficient (Wildman–Crippen LogP) is 3.56. The van der Waals surface area contributed by atoms with Crippen molar-refractivity contribution >= 4 is 23.2 Å². The van der Waals surface area contributed by atoms with Crippen LogP contribution >= 0.6 is 23.2 Å². The molecule has 0 radical (unpaired) electrons. The maximum Gasteiger partial charge on any atom is 0.124 e. The molecule has 80 valence electrons. The fraction of sp³-hybridized carbons (Fsp3) is 0.364. The molecule has 0 saturated heterocycles. The summed E-state index contributed by atoms with van der Waals surface area (Å²) in [5, 5.41) is 13.2. The molecule has 2 nitrogen and oxygen atoms in total. The molecular formula is C11H12Cl2N2. The number of rotatable bonds is 3. The number of nitrogens with zero attached hydrogens (tertiary/aromatic N) is 1.